The number of benzene rings is 1. The van der Waals surface area contributed by atoms with Crippen molar-refractivity contribution in [1.29, 1.82) is 0 Å². The zero-order valence-corrected chi connectivity index (χ0v) is 7.37. The van der Waals surface area contributed by atoms with Crippen molar-refractivity contribution in [3.8, 4) is 0 Å². The highest BCUT2D eigenvalue weighted by molar-refractivity contribution is 5.63. The molecular weight excluding hydrogens is 177 g/mol. The van der Waals surface area contributed by atoms with E-state index in [1.54, 1.807) is 26.0 Å². The van der Waals surface area contributed by atoms with E-state index in [1.807, 2.05) is 0 Å². The molecule has 0 bridgehead atoms. The molecule has 0 heterocycles. The van der Waals surface area contributed by atoms with Gasteiger partial charge in [0.25, 0.3) is 0 Å². The van der Waals surface area contributed by atoms with Crippen LogP contribution in [0.3, 0.4) is 0 Å². The lowest BCUT2D eigenvalue weighted by atomic mass is 10.1. The van der Waals surface area contributed by atoms with Crippen LogP contribution < -0.4 is 0 Å². The van der Waals surface area contributed by atoms with Crippen LogP contribution in [0.15, 0.2) is 24.3 Å². The van der Waals surface area contributed by atoms with Crippen molar-refractivity contribution in [2.75, 3.05) is 0 Å². The van der Waals surface area contributed by atoms with Gasteiger partial charge in [-0.25, -0.2) is 4.39 Å². The third kappa shape index (κ3) is 2.11. The predicted octanol–water partition coefficient (Wildman–Crippen LogP) is 3.84. The zero-order valence-electron chi connectivity index (χ0n) is 7.37. The zero-order chi connectivity index (χ0) is 10.0. The SMILES string of the molecule is Cc1ccc(C)c(C(F)=C(F)F)c1. The number of hydrogen-bond acceptors (Lipinski definition) is 0. The minimum Gasteiger partial charge on any atom is -0.200 e. The molecule has 0 aromatic heterocycles. The fourth-order valence-electron chi connectivity index (χ4n) is 1.07. The van der Waals surface area contributed by atoms with Gasteiger partial charge in [0, 0.05) is 5.56 Å². The molecule has 0 spiro atoms. The maximum Gasteiger partial charge on any atom is 0.306 e. The van der Waals surface area contributed by atoms with Gasteiger partial charge in [-0.3, -0.25) is 0 Å². The topological polar surface area (TPSA) is 0 Å². The minimum absolute atomic E-state index is 0.0278. The summed E-state index contributed by atoms with van der Waals surface area (Å²) in [5.41, 5.74) is 1.24. The number of halogens is 3. The molecule has 0 saturated heterocycles. The maximum atomic E-state index is 12.8. The molecule has 0 unspecified atom stereocenters. The Morgan fingerprint density at radius 1 is 1.08 bits per heavy atom. The Morgan fingerprint density at radius 2 is 1.69 bits per heavy atom. The van der Waals surface area contributed by atoms with Gasteiger partial charge in [-0.1, -0.05) is 17.7 Å². The van der Waals surface area contributed by atoms with Crippen LogP contribution in [0.25, 0.3) is 5.83 Å². The molecule has 3 heteroatoms. The van der Waals surface area contributed by atoms with Crippen molar-refractivity contribution >= 4 is 5.83 Å². The summed E-state index contributed by atoms with van der Waals surface area (Å²) >= 11 is 0. The molecule has 1 aromatic rings. The molecule has 0 N–H and O–H groups in total. The molecule has 0 fully saturated rings. The Hall–Kier alpha value is -1.25. The molecule has 0 aliphatic rings. The first-order chi connectivity index (χ1) is 6.02. The van der Waals surface area contributed by atoms with Gasteiger partial charge in [0.1, 0.15) is 0 Å². The lowest BCUT2D eigenvalue weighted by Crippen LogP contribution is -1.86. The van der Waals surface area contributed by atoms with Crippen LogP contribution >= 0.6 is 0 Å². The highest BCUT2D eigenvalue weighted by Crippen LogP contribution is 2.25. The summed E-state index contributed by atoms with van der Waals surface area (Å²) in [6.45, 7) is 3.32. The summed E-state index contributed by atoms with van der Waals surface area (Å²) in [7, 11) is 0. The van der Waals surface area contributed by atoms with Gasteiger partial charge < -0.3 is 0 Å². The van der Waals surface area contributed by atoms with E-state index in [-0.39, 0.29) is 5.56 Å². The molecule has 0 atom stereocenters. The molecule has 0 radical (unpaired) electrons. The van der Waals surface area contributed by atoms with Gasteiger partial charge in [0.05, 0.1) is 0 Å². The van der Waals surface area contributed by atoms with Gasteiger partial charge in [-0.05, 0) is 25.5 Å². The molecule has 13 heavy (non-hydrogen) atoms. The van der Waals surface area contributed by atoms with E-state index in [0.29, 0.717) is 5.56 Å². The molecule has 0 aliphatic carbocycles. The second-order valence-electron chi connectivity index (χ2n) is 2.89. The summed E-state index contributed by atoms with van der Waals surface area (Å²) in [6, 6.07) is 4.78. The maximum absolute atomic E-state index is 12.8. The first-order valence-electron chi connectivity index (χ1n) is 3.80. The van der Waals surface area contributed by atoms with E-state index in [4.69, 9.17) is 0 Å². The Kier molecular flexibility index (Phi) is 2.76. The first kappa shape index (κ1) is 9.84. The van der Waals surface area contributed by atoms with Crippen molar-refractivity contribution < 1.29 is 13.2 Å². The molecule has 0 saturated carbocycles. The third-order valence-electron chi connectivity index (χ3n) is 1.80. The fourth-order valence-corrected chi connectivity index (χ4v) is 1.07. The van der Waals surface area contributed by atoms with Crippen LogP contribution in [-0.4, -0.2) is 0 Å². The summed E-state index contributed by atoms with van der Waals surface area (Å²) in [4.78, 5) is 0. The Labute approximate surface area is 74.7 Å². The molecule has 1 rings (SSSR count). The summed E-state index contributed by atoms with van der Waals surface area (Å²) < 4.78 is 36.7. The van der Waals surface area contributed by atoms with Crippen LogP contribution in [0.5, 0.6) is 0 Å². The molecule has 1 aromatic carbocycles. The molecule has 0 nitrogen and oxygen atoms in total. The summed E-state index contributed by atoms with van der Waals surface area (Å²) in [5.74, 6) is -1.43. The predicted molar refractivity (Wildman–Crippen MR) is 46.2 cm³/mol. The first-order valence-corrected chi connectivity index (χ1v) is 3.80. The van der Waals surface area contributed by atoms with Gasteiger partial charge in [-0.2, -0.15) is 8.78 Å². The van der Waals surface area contributed by atoms with Crippen LogP contribution in [0, 0.1) is 13.8 Å². The second-order valence-corrected chi connectivity index (χ2v) is 2.89. The lowest BCUT2D eigenvalue weighted by molar-refractivity contribution is 0.410. The van der Waals surface area contributed by atoms with E-state index in [0.717, 1.165) is 5.56 Å². The van der Waals surface area contributed by atoms with Gasteiger partial charge >= 0.3 is 6.08 Å². The number of hydrogen-bond donors (Lipinski definition) is 0. The molecule has 0 aliphatic heterocycles. The smallest absolute Gasteiger partial charge is 0.200 e. The summed E-state index contributed by atoms with van der Waals surface area (Å²) in [5, 5.41) is 0. The number of rotatable bonds is 1. The fraction of sp³-hybridized carbons (Fsp3) is 0.200. The van der Waals surface area contributed by atoms with Crippen LogP contribution in [0.4, 0.5) is 13.2 Å². The Balaban J connectivity index is 3.29. The lowest BCUT2D eigenvalue weighted by Gasteiger charge is -2.03. The highest BCUT2D eigenvalue weighted by Gasteiger charge is 2.10. The Morgan fingerprint density at radius 3 is 2.23 bits per heavy atom. The number of aryl methyl sites for hydroxylation is 2. The van der Waals surface area contributed by atoms with E-state index in [1.165, 1.54) is 6.07 Å². The van der Waals surface area contributed by atoms with Gasteiger partial charge in [0.2, 0.25) is 0 Å². The molecule has 70 valence electrons. The van der Waals surface area contributed by atoms with Crippen LogP contribution in [-0.2, 0) is 0 Å². The highest BCUT2D eigenvalue weighted by atomic mass is 19.3. The average molecular weight is 186 g/mol. The molecular formula is C10H9F3. The third-order valence-corrected chi connectivity index (χ3v) is 1.80. The van der Waals surface area contributed by atoms with E-state index < -0.39 is 11.9 Å². The largest absolute Gasteiger partial charge is 0.306 e. The van der Waals surface area contributed by atoms with Crippen molar-refractivity contribution in [2.24, 2.45) is 0 Å². The van der Waals surface area contributed by atoms with Crippen molar-refractivity contribution in [1.82, 2.24) is 0 Å². The normalized spacial score (nSPS) is 9.92. The average Bonchev–Trinajstić information content (AvgIpc) is 2.08. The Bertz CT molecular complexity index is 349. The van der Waals surface area contributed by atoms with Crippen molar-refractivity contribution in [3.63, 3.8) is 0 Å². The molecule has 0 amide bonds. The summed E-state index contributed by atoms with van der Waals surface area (Å²) in [6.07, 6.45) is -2.27. The van der Waals surface area contributed by atoms with Crippen molar-refractivity contribution in [3.05, 3.63) is 41.0 Å². The van der Waals surface area contributed by atoms with Gasteiger partial charge in [0.15, 0.2) is 5.83 Å². The van der Waals surface area contributed by atoms with Crippen molar-refractivity contribution in [2.45, 2.75) is 13.8 Å². The van der Waals surface area contributed by atoms with E-state index >= 15 is 0 Å². The minimum atomic E-state index is -2.27. The van der Waals surface area contributed by atoms with E-state index in [2.05, 4.69) is 0 Å². The van der Waals surface area contributed by atoms with E-state index in [9.17, 15) is 13.2 Å². The van der Waals surface area contributed by atoms with Crippen LogP contribution in [0.1, 0.15) is 16.7 Å². The quantitative estimate of drug-likeness (QED) is 0.625. The standard InChI is InChI=1S/C10H9F3/c1-6-3-4-7(2)8(5-6)9(11)10(12)13/h3-5H,1-2H3. The van der Waals surface area contributed by atoms with Gasteiger partial charge in [-0.15, -0.1) is 0 Å². The monoisotopic (exact) mass is 186 g/mol. The second kappa shape index (κ2) is 3.64. The van der Waals surface area contributed by atoms with Crippen LogP contribution in [0.2, 0.25) is 0 Å².